The van der Waals surface area contributed by atoms with Crippen LogP contribution in [0, 0.1) is 23.7 Å². The number of nitrogens with one attached hydrogen (secondary N) is 2. The first-order valence-corrected chi connectivity index (χ1v) is 29.0. The topological polar surface area (TPSA) is 318 Å². The zero-order valence-corrected chi connectivity index (χ0v) is 52.4. The minimum atomic E-state index is -0.617. The standard InChI is InChI=1S/C16H27NO5.C16H28O5.C14H23NO5.C14H24O5/c1-6-8-11(9-13(19)12(18)7-2)15(21)17-10-14(20)22-16(3,4)5;1-6-8-12(9-14(18)13(17)7-2)10-20-11-15(19)21-16(3,4)5;1-4-7-10(8-12(17)11(16)5-2)14(19)15-9-13(18)20-6-3;1-4-7-11(8-13(16)12(15)5-2)9-18-10-14(17)19-6-3/h11H,6-10H2,1-5H3,(H,17,21);12H,6-11H2,1-5H3;10H,4-9H2,1-3H3,(H,15,19);11H,4-10H2,1-3H3/t11-;12-;10-;11-/m1111/s1. The highest BCUT2D eigenvalue weighted by molar-refractivity contribution is 6.38. The van der Waals surface area contributed by atoms with Gasteiger partial charge in [-0.15, -0.1) is 0 Å². The molecule has 0 radical (unpaired) electrons. The van der Waals surface area contributed by atoms with Crippen molar-refractivity contribution in [1.82, 2.24) is 10.6 Å². The Morgan fingerprint density at radius 1 is 0.354 bits per heavy atom. The third-order valence-corrected chi connectivity index (χ3v) is 11.2. The van der Waals surface area contributed by atoms with Gasteiger partial charge < -0.3 is 39.1 Å². The number of ketones is 8. The first kappa shape index (κ1) is 82.6. The predicted octanol–water partition coefficient (Wildman–Crippen LogP) is 7.44. The summed E-state index contributed by atoms with van der Waals surface area (Å²) in [7, 11) is 0. The molecule has 22 nitrogen and oxygen atoms in total. The summed E-state index contributed by atoms with van der Waals surface area (Å²) in [5.74, 6) is -7.26. The van der Waals surface area contributed by atoms with Crippen molar-refractivity contribution < 1.29 is 95.5 Å². The second kappa shape index (κ2) is 48.6. The predicted molar refractivity (Wildman–Crippen MR) is 306 cm³/mol. The molecule has 472 valence electrons. The maximum atomic E-state index is 12.1. The average molecular weight is 1170 g/mol. The lowest BCUT2D eigenvalue weighted by Crippen LogP contribution is -2.38. The summed E-state index contributed by atoms with van der Waals surface area (Å²) in [6.07, 6.45) is 6.71. The first-order chi connectivity index (χ1) is 38.3. The molecule has 22 heteroatoms. The number of Topliss-reactive ketones (excluding diaryl/α,β-unsaturated/α-hetero) is 8. The molecule has 0 rings (SSSR count). The number of esters is 4. The van der Waals surface area contributed by atoms with E-state index in [1.165, 1.54) is 0 Å². The molecule has 0 unspecified atom stereocenters. The number of amides is 2. The smallest absolute Gasteiger partial charge is 0.332 e. The van der Waals surface area contributed by atoms with Crippen LogP contribution in [0.3, 0.4) is 0 Å². The summed E-state index contributed by atoms with van der Waals surface area (Å²) < 4.78 is 30.2. The van der Waals surface area contributed by atoms with Crippen molar-refractivity contribution in [3.8, 4) is 0 Å². The summed E-state index contributed by atoms with van der Waals surface area (Å²) in [4.78, 5) is 161. The van der Waals surface area contributed by atoms with E-state index in [0.717, 1.165) is 25.7 Å². The average Bonchev–Trinajstić information content (AvgIpc) is 3.40. The van der Waals surface area contributed by atoms with Crippen molar-refractivity contribution in [2.24, 2.45) is 23.7 Å². The van der Waals surface area contributed by atoms with E-state index in [9.17, 15) is 67.1 Å². The monoisotopic (exact) mass is 1170 g/mol. The Labute approximate surface area is 487 Å². The lowest BCUT2D eigenvalue weighted by Gasteiger charge is -2.20. The lowest BCUT2D eigenvalue weighted by molar-refractivity contribution is -0.161. The molecule has 2 amide bonds. The molecule has 2 N–H and O–H groups in total. The Morgan fingerprint density at radius 2 is 0.646 bits per heavy atom. The van der Waals surface area contributed by atoms with Gasteiger partial charge in [-0.25, -0.2) is 9.59 Å². The molecule has 0 saturated heterocycles. The quantitative estimate of drug-likeness (QED) is 0.0342. The summed E-state index contributed by atoms with van der Waals surface area (Å²) in [5, 5.41) is 4.91. The summed E-state index contributed by atoms with van der Waals surface area (Å²) in [6.45, 7) is 28.8. The maximum absolute atomic E-state index is 12.1. The van der Waals surface area contributed by atoms with Crippen molar-refractivity contribution in [3.05, 3.63) is 0 Å². The van der Waals surface area contributed by atoms with Gasteiger partial charge in [0.1, 0.15) is 37.5 Å². The number of hydrogen-bond acceptors (Lipinski definition) is 20. The molecule has 0 aliphatic rings. The second-order valence-electron chi connectivity index (χ2n) is 21.1. The van der Waals surface area contributed by atoms with Gasteiger partial charge in [-0.05, 0) is 92.9 Å². The van der Waals surface area contributed by atoms with Crippen LogP contribution in [0.4, 0.5) is 0 Å². The van der Waals surface area contributed by atoms with Crippen molar-refractivity contribution in [2.45, 2.75) is 225 Å². The largest absolute Gasteiger partial charge is 0.465 e. The minimum absolute atomic E-state index is 0.0116. The third-order valence-electron chi connectivity index (χ3n) is 11.2. The normalized spacial score (nSPS) is 12.2. The fraction of sp³-hybridized carbons (Fsp3) is 0.767. The van der Waals surface area contributed by atoms with Crippen LogP contribution in [-0.2, 0) is 95.5 Å². The second-order valence-corrected chi connectivity index (χ2v) is 21.1. The zero-order chi connectivity index (χ0) is 64.0. The number of carbonyl (C=O) groups is 14. The van der Waals surface area contributed by atoms with Gasteiger partial charge in [-0.3, -0.25) is 57.5 Å². The molecule has 0 aromatic heterocycles. The van der Waals surface area contributed by atoms with Gasteiger partial charge in [0.2, 0.25) is 11.8 Å². The molecule has 0 spiro atoms. The Balaban J connectivity index is -0.000000495. The number of hydrogen-bond donors (Lipinski definition) is 2. The van der Waals surface area contributed by atoms with Crippen LogP contribution in [0.5, 0.6) is 0 Å². The molecule has 0 aliphatic heterocycles. The van der Waals surface area contributed by atoms with Gasteiger partial charge in [0, 0.05) is 63.2 Å². The molecule has 0 heterocycles. The summed E-state index contributed by atoms with van der Waals surface area (Å²) in [5.41, 5.74) is -1.15. The Kier molecular flexibility index (Phi) is 48.9. The van der Waals surface area contributed by atoms with E-state index in [0.29, 0.717) is 38.9 Å². The highest BCUT2D eigenvalue weighted by Crippen LogP contribution is 2.17. The van der Waals surface area contributed by atoms with E-state index in [2.05, 4.69) is 10.6 Å². The van der Waals surface area contributed by atoms with Crippen molar-refractivity contribution in [2.75, 3.05) is 52.7 Å². The van der Waals surface area contributed by atoms with Gasteiger partial charge in [0.25, 0.3) is 0 Å². The molecule has 0 saturated carbocycles. The Hall–Kier alpha value is -5.90. The molecule has 0 aromatic rings. The van der Waals surface area contributed by atoms with Crippen molar-refractivity contribution in [1.29, 1.82) is 0 Å². The zero-order valence-electron chi connectivity index (χ0n) is 52.4. The van der Waals surface area contributed by atoms with Crippen molar-refractivity contribution >= 4 is 82.0 Å². The SMILES string of the molecule is CCC[C@@H](COCC(=O)OC(C)(C)C)CC(=O)C(=O)CC.CCC[C@@H](COCC(=O)OCC)CC(=O)C(=O)CC.CCC[C@H](CC(=O)C(=O)CC)C(=O)NCC(=O)OC(C)(C)C.CCC[C@H](CC(=O)C(=O)CC)C(=O)NCC(=O)OCC. The highest BCUT2D eigenvalue weighted by Gasteiger charge is 2.27. The number of carbonyl (C=O) groups excluding carboxylic acids is 14. The van der Waals surface area contributed by atoms with E-state index < -0.39 is 81.9 Å². The minimum Gasteiger partial charge on any atom is -0.465 e. The van der Waals surface area contributed by atoms with Crippen LogP contribution in [0.1, 0.15) is 214 Å². The third kappa shape index (κ3) is 46.7. The molecule has 4 atom stereocenters. The molecular formula is C60H102N2O20. The summed E-state index contributed by atoms with van der Waals surface area (Å²) in [6, 6.07) is 0. The van der Waals surface area contributed by atoms with Gasteiger partial charge in [0.15, 0.2) is 46.3 Å². The van der Waals surface area contributed by atoms with Crippen molar-refractivity contribution in [3.63, 3.8) is 0 Å². The van der Waals surface area contributed by atoms with E-state index in [4.69, 9.17) is 28.4 Å². The van der Waals surface area contributed by atoms with E-state index >= 15 is 0 Å². The molecular weight excluding hydrogens is 1070 g/mol. The van der Waals surface area contributed by atoms with E-state index in [1.54, 1.807) is 83.1 Å². The maximum Gasteiger partial charge on any atom is 0.332 e. The van der Waals surface area contributed by atoms with Crippen LogP contribution in [0.2, 0.25) is 0 Å². The van der Waals surface area contributed by atoms with Crippen LogP contribution < -0.4 is 10.6 Å². The van der Waals surface area contributed by atoms with E-state index in [-0.39, 0.29) is 126 Å². The molecule has 0 fully saturated rings. The molecule has 0 aliphatic carbocycles. The van der Waals surface area contributed by atoms with E-state index in [1.807, 2.05) is 27.7 Å². The van der Waals surface area contributed by atoms with Crippen LogP contribution >= 0.6 is 0 Å². The van der Waals surface area contributed by atoms with Crippen LogP contribution in [0.15, 0.2) is 0 Å². The van der Waals surface area contributed by atoms with Gasteiger partial charge in [0.05, 0.1) is 26.4 Å². The fourth-order valence-electron chi connectivity index (χ4n) is 7.26. The van der Waals surface area contributed by atoms with Gasteiger partial charge in [-0.1, -0.05) is 81.1 Å². The molecule has 0 bridgehead atoms. The van der Waals surface area contributed by atoms with Crippen LogP contribution in [0.25, 0.3) is 0 Å². The lowest BCUT2D eigenvalue weighted by atomic mass is 9.94. The van der Waals surface area contributed by atoms with Gasteiger partial charge >= 0.3 is 23.9 Å². The Morgan fingerprint density at radius 3 is 0.951 bits per heavy atom. The molecule has 0 aromatic carbocycles. The summed E-state index contributed by atoms with van der Waals surface area (Å²) >= 11 is 0. The van der Waals surface area contributed by atoms with Gasteiger partial charge in [-0.2, -0.15) is 0 Å². The number of rotatable bonds is 40. The van der Waals surface area contributed by atoms with Crippen LogP contribution in [-0.4, -0.2) is 146 Å². The first-order valence-electron chi connectivity index (χ1n) is 29.0. The number of ether oxygens (including phenoxy) is 6. The highest BCUT2D eigenvalue weighted by atomic mass is 16.6. The molecule has 82 heavy (non-hydrogen) atoms. The fourth-order valence-corrected chi connectivity index (χ4v) is 7.26. The Bertz CT molecular complexity index is 2000.